The molecule has 0 aliphatic carbocycles. The molecule has 1 heterocycles. The lowest BCUT2D eigenvalue weighted by Gasteiger charge is -2.16. The Morgan fingerprint density at radius 2 is 1.63 bits per heavy atom. The Labute approximate surface area is 230 Å². The molecule has 198 valence electrons. The van der Waals surface area contributed by atoms with Crippen LogP contribution in [-0.2, 0) is 6.42 Å². The van der Waals surface area contributed by atoms with Crippen molar-refractivity contribution in [2.24, 2.45) is 0 Å². The lowest BCUT2D eigenvalue weighted by atomic mass is 10.1. The highest BCUT2D eigenvalue weighted by Gasteiger charge is 2.31. The van der Waals surface area contributed by atoms with E-state index in [4.69, 9.17) is 34.8 Å². The fourth-order valence-electron chi connectivity index (χ4n) is 3.69. The summed E-state index contributed by atoms with van der Waals surface area (Å²) in [5.74, 6) is -0.938. The van der Waals surface area contributed by atoms with Crippen LogP contribution in [-0.4, -0.2) is 39.8 Å². The first-order chi connectivity index (χ1) is 18.0. The monoisotopic (exact) mass is 583 g/mol. The van der Waals surface area contributed by atoms with Gasteiger partial charge in [-0.3, -0.25) is 4.79 Å². The van der Waals surface area contributed by atoms with Crippen LogP contribution in [0.2, 0.25) is 15.1 Å². The summed E-state index contributed by atoms with van der Waals surface area (Å²) in [5.41, 5.74) is 2.39. The van der Waals surface area contributed by atoms with Gasteiger partial charge in [0.15, 0.2) is 5.69 Å². The third-order valence-corrected chi connectivity index (χ3v) is 6.20. The van der Waals surface area contributed by atoms with E-state index in [-0.39, 0.29) is 17.9 Å². The number of halogens is 6. The van der Waals surface area contributed by atoms with E-state index in [0.29, 0.717) is 37.6 Å². The average Bonchev–Trinajstić information content (AvgIpc) is 3.29. The van der Waals surface area contributed by atoms with Crippen molar-refractivity contribution in [1.82, 2.24) is 15.1 Å². The average molecular weight is 585 g/mol. The van der Waals surface area contributed by atoms with Crippen molar-refractivity contribution >= 4 is 40.7 Å². The molecule has 1 atom stereocenters. The number of hydrogen-bond donors (Lipinski definition) is 2. The van der Waals surface area contributed by atoms with Gasteiger partial charge in [-0.2, -0.15) is 5.10 Å². The van der Waals surface area contributed by atoms with Crippen LogP contribution in [0.25, 0.3) is 16.9 Å². The molecule has 2 N–H and O–H groups in total. The third kappa shape index (κ3) is 6.99. The van der Waals surface area contributed by atoms with Crippen molar-refractivity contribution in [3.63, 3.8) is 0 Å². The maximum Gasteiger partial charge on any atom is 0.573 e. The largest absolute Gasteiger partial charge is 0.573 e. The number of hydrogen-bond acceptors (Lipinski definition) is 4. The molecule has 6 nitrogen and oxygen atoms in total. The maximum atomic E-state index is 13.1. The van der Waals surface area contributed by atoms with Crippen LogP contribution in [0.3, 0.4) is 0 Å². The van der Waals surface area contributed by atoms with Gasteiger partial charge < -0.3 is 15.2 Å². The van der Waals surface area contributed by atoms with Gasteiger partial charge >= 0.3 is 6.36 Å². The Morgan fingerprint density at radius 1 is 0.974 bits per heavy atom. The number of nitrogens with zero attached hydrogens (tertiary/aromatic N) is 2. The number of rotatable bonds is 8. The van der Waals surface area contributed by atoms with Gasteiger partial charge in [0.25, 0.3) is 5.91 Å². The Balaban J connectivity index is 1.58. The molecule has 0 saturated heterocycles. The molecule has 3 aromatic carbocycles. The molecular weight excluding hydrogens is 566 g/mol. The van der Waals surface area contributed by atoms with Crippen LogP contribution in [0.5, 0.6) is 5.75 Å². The smallest absolute Gasteiger partial charge is 0.406 e. The van der Waals surface area contributed by atoms with Crippen molar-refractivity contribution in [3.05, 3.63) is 99.1 Å². The molecule has 0 spiro atoms. The quantitative estimate of drug-likeness (QED) is 0.241. The van der Waals surface area contributed by atoms with Crippen molar-refractivity contribution in [3.8, 4) is 22.7 Å². The Bertz CT molecular complexity index is 1430. The highest BCUT2D eigenvalue weighted by molar-refractivity contribution is 6.35. The zero-order valence-electron chi connectivity index (χ0n) is 19.3. The molecule has 0 bridgehead atoms. The van der Waals surface area contributed by atoms with Crippen LogP contribution in [0.1, 0.15) is 16.1 Å². The molecular formula is C26H19Cl3F3N3O3. The predicted molar refractivity (Wildman–Crippen MR) is 139 cm³/mol. The topological polar surface area (TPSA) is 76.4 Å². The third-order valence-electron chi connectivity index (χ3n) is 5.41. The molecule has 1 amide bonds. The fourth-order valence-corrected chi connectivity index (χ4v) is 4.30. The lowest BCUT2D eigenvalue weighted by molar-refractivity contribution is -0.274. The number of alkyl halides is 3. The van der Waals surface area contributed by atoms with Gasteiger partial charge in [0.05, 0.1) is 29.1 Å². The van der Waals surface area contributed by atoms with E-state index >= 15 is 0 Å². The van der Waals surface area contributed by atoms with Gasteiger partial charge in [-0.1, -0.05) is 59.1 Å². The molecule has 38 heavy (non-hydrogen) atoms. The van der Waals surface area contributed by atoms with Gasteiger partial charge in [-0.05, 0) is 60.5 Å². The molecule has 0 aliphatic rings. The first-order valence-electron chi connectivity index (χ1n) is 11.1. The van der Waals surface area contributed by atoms with Gasteiger partial charge in [0.2, 0.25) is 0 Å². The standard InChI is InChI=1S/C26H19Cl3F3N3O3/c27-17-5-3-16(4-6-17)24-13-22(34-35(24)23-10-7-18(28)12-21(23)29)25(37)33-19(14-36)11-15-1-8-20(9-2-15)38-26(30,31)32/h1-10,12-13,19,36H,11,14H2,(H,33,37)/t19-/m0/s1. The molecule has 0 unspecified atom stereocenters. The number of ether oxygens (including phenoxy) is 1. The summed E-state index contributed by atoms with van der Waals surface area (Å²) in [6.45, 7) is -0.416. The van der Waals surface area contributed by atoms with Gasteiger partial charge in [0.1, 0.15) is 5.75 Å². The Hall–Kier alpha value is -3.24. The number of aromatic nitrogens is 2. The van der Waals surface area contributed by atoms with Crippen LogP contribution < -0.4 is 10.1 Å². The highest BCUT2D eigenvalue weighted by atomic mass is 35.5. The first kappa shape index (κ1) is 27.8. The minimum absolute atomic E-state index is 0.0494. The second-order valence-electron chi connectivity index (χ2n) is 8.18. The summed E-state index contributed by atoms with van der Waals surface area (Å²) in [7, 11) is 0. The zero-order chi connectivity index (χ0) is 27.4. The van der Waals surface area contributed by atoms with Crippen molar-refractivity contribution < 1.29 is 27.8 Å². The first-order valence-corrected chi connectivity index (χ1v) is 12.2. The van der Waals surface area contributed by atoms with Crippen LogP contribution in [0, 0.1) is 0 Å². The number of amides is 1. The lowest BCUT2D eigenvalue weighted by Crippen LogP contribution is -2.39. The second kappa shape index (κ2) is 11.7. The van der Waals surface area contributed by atoms with Crippen molar-refractivity contribution in [2.45, 2.75) is 18.8 Å². The van der Waals surface area contributed by atoms with Crippen molar-refractivity contribution in [2.75, 3.05) is 6.61 Å². The van der Waals surface area contributed by atoms with Crippen LogP contribution >= 0.6 is 34.8 Å². The van der Waals surface area contributed by atoms with Crippen LogP contribution in [0.4, 0.5) is 13.2 Å². The molecule has 4 aromatic rings. The fraction of sp³-hybridized carbons (Fsp3) is 0.154. The summed E-state index contributed by atoms with van der Waals surface area (Å²) in [5, 5.41) is 18.3. The number of carbonyl (C=O) groups excluding carboxylic acids is 1. The molecule has 0 aliphatic heterocycles. The van der Waals surface area contributed by atoms with E-state index in [2.05, 4.69) is 15.2 Å². The van der Waals surface area contributed by atoms with E-state index in [1.54, 1.807) is 48.5 Å². The maximum absolute atomic E-state index is 13.1. The van der Waals surface area contributed by atoms with Gasteiger partial charge in [-0.15, -0.1) is 13.2 Å². The summed E-state index contributed by atoms with van der Waals surface area (Å²) in [6, 6.07) is 17.8. The Kier molecular flexibility index (Phi) is 8.52. The second-order valence-corrected chi connectivity index (χ2v) is 9.46. The summed E-state index contributed by atoms with van der Waals surface area (Å²) >= 11 is 18.5. The van der Waals surface area contributed by atoms with E-state index in [0.717, 1.165) is 12.1 Å². The van der Waals surface area contributed by atoms with E-state index in [9.17, 15) is 23.1 Å². The van der Waals surface area contributed by atoms with Gasteiger partial charge in [0, 0.05) is 15.6 Å². The number of aliphatic hydroxyl groups excluding tert-OH is 1. The van der Waals surface area contributed by atoms with Crippen molar-refractivity contribution in [1.29, 1.82) is 0 Å². The normalized spacial score (nSPS) is 12.3. The molecule has 0 radical (unpaired) electrons. The molecule has 1 aromatic heterocycles. The van der Waals surface area contributed by atoms with Gasteiger partial charge in [-0.25, -0.2) is 4.68 Å². The molecule has 0 saturated carbocycles. The van der Waals surface area contributed by atoms with E-state index < -0.39 is 24.9 Å². The summed E-state index contributed by atoms with van der Waals surface area (Å²) < 4.78 is 42.5. The predicted octanol–water partition coefficient (Wildman–Crippen LogP) is 6.73. The molecule has 0 fully saturated rings. The number of carbonyl (C=O) groups is 1. The summed E-state index contributed by atoms with van der Waals surface area (Å²) in [6.07, 6.45) is -4.64. The molecule has 12 heteroatoms. The minimum Gasteiger partial charge on any atom is -0.406 e. The Morgan fingerprint density at radius 3 is 2.24 bits per heavy atom. The summed E-state index contributed by atoms with van der Waals surface area (Å²) in [4.78, 5) is 13.1. The molecule has 4 rings (SSSR count). The SMILES string of the molecule is O=C(N[C@H](CO)Cc1ccc(OC(F)(F)F)cc1)c1cc(-c2ccc(Cl)cc2)n(-c2ccc(Cl)cc2Cl)n1. The number of nitrogens with one attached hydrogen (secondary N) is 1. The number of aliphatic hydroxyl groups is 1. The minimum atomic E-state index is -4.80. The van der Waals surface area contributed by atoms with Crippen LogP contribution in [0.15, 0.2) is 72.8 Å². The van der Waals surface area contributed by atoms with E-state index in [1.807, 2.05) is 0 Å². The zero-order valence-corrected chi connectivity index (χ0v) is 21.6. The highest BCUT2D eigenvalue weighted by Crippen LogP contribution is 2.30. The number of benzene rings is 3. The van der Waals surface area contributed by atoms with E-state index in [1.165, 1.54) is 16.8 Å².